The molecule has 0 aliphatic rings. The molecule has 0 aliphatic heterocycles. The maximum atomic E-state index is 12.4. The van der Waals surface area contributed by atoms with Crippen LogP contribution in [0.3, 0.4) is 0 Å². The van der Waals surface area contributed by atoms with Crippen LogP contribution < -0.4 is 15.4 Å². The van der Waals surface area contributed by atoms with E-state index in [0.717, 1.165) is 28.0 Å². The van der Waals surface area contributed by atoms with E-state index < -0.39 is 17.9 Å². The number of carboxylic acid groups (broad SMARTS) is 1. The second-order valence-corrected chi connectivity index (χ2v) is 7.99. The maximum absolute atomic E-state index is 12.4. The molecule has 0 fully saturated rings. The third-order valence-electron chi connectivity index (χ3n) is 5.13. The predicted molar refractivity (Wildman–Crippen MR) is 128 cm³/mol. The molecule has 3 N–H and O–H groups in total. The number of hydrogen-bond donors (Lipinski definition) is 3. The molecule has 0 radical (unpaired) electrons. The molecule has 0 heterocycles. The summed E-state index contributed by atoms with van der Waals surface area (Å²) < 4.78 is 5.77. The smallest absolute Gasteiger partial charge is 0.326 e. The van der Waals surface area contributed by atoms with Gasteiger partial charge in [-0.1, -0.05) is 66.7 Å². The van der Waals surface area contributed by atoms with Gasteiger partial charge in [0.2, 0.25) is 11.8 Å². The Balaban J connectivity index is 1.47. The van der Waals surface area contributed by atoms with Crippen LogP contribution in [0, 0.1) is 0 Å². The van der Waals surface area contributed by atoms with Gasteiger partial charge in [-0.3, -0.25) is 9.59 Å². The van der Waals surface area contributed by atoms with E-state index >= 15 is 0 Å². The second kappa shape index (κ2) is 12.2. The van der Waals surface area contributed by atoms with Crippen LogP contribution in [0.15, 0.2) is 78.9 Å². The lowest BCUT2D eigenvalue weighted by molar-refractivity contribution is -0.141. The van der Waals surface area contributed by atoms with Crippen molar-refractivity contribution >= 4 is 17.8 Å². The van der Waals surface area contributed by atoms with Crippen molar-refractivity contribution in [1.82, 2.24) is 10.6 Å². The number of aliphatic carboxylic acids is 1. The fourth-order valence-corrected chi connectivity index (χ4v) is 3.44. The molecule has 0 spiro atoms. The molecule has 3 rings (SSSR count). The number of carbonyl (C=O) groups excluding carboxylic acids is 2. The summed E-state index contributed by atoms with van der Waals surface area (Å²) in [6.45, 7) is 2.09. The van der Waals surface area contributed by atoms with Gasteiger partial charge in [-0.2, -0.15) is 0 Å². The van der Waals surface area contributed by atoms with E-state index in [1.807, 2.05) is 66.7 Å². The quantitative estimate of drug-likeness (QED) is 0.407. The van der Waals surface area contributed by atoms with Crippen molar-refractivity contribution in [2.24, 2.45) is 0 Å². The maximum Gasteiger partial charge on any atom is 0.326 e. The molecule has 7 heteroatoms. The van der Waals surface area contributed by atoms with Crippen LogP contribution in [-0.2, 0) is 40.4 Å². The highest BCUT2D eigenvalue weighted by molar-refractivity contribution is 5.82. The van der Waals surface area contributed by atoms with Gasteiger partial charge in [-0.05, 0) is 34.4 Å². The van der Waals surface area contributed by atoms with Gasteiger partial charge in [0, 0.05) is 19.9 Å². The van der Waals surface area contributed by atoms with Gasteiger partial charge in [0.1, 0.15) is 18.4 Å². The molecule has 176 valence electrons. The number of carbonyl (C=O) groups is 3. The van der Waals surface area contributed by atoms with Crippen molar-refractivity contribution in [2.75, 3.05) is 0 Å². The Bertz CT molecular complexity index is 1110. The molecule has 0 aromatic heterocycles. The van der Waals surface area contributed by atoms with Crippen LogP contribution in [0.2, 0.25) is 0 Å². The topological polar surface area (TPSA) is 105 Å². The van der Waals surface area contributed by atoms with Gasteiger partial charge >= 0.3 is 5.97 Å². The van der Waals surface area contributed by atoms with Crippen LogP contribution in [0.25, 0.3) is 0 Å². The van der Waals surface area contributed by atoms with Crippen LogP contribution in [0.1, 0.15) is 29.2 Å². The van der Waals surface area contributed by atoms with Crippen molar-refractivity contribution in [1.29, 1.82) is 0 Å². The number of amides is 2. The zero-order chi connectivity index (χ0) is 24.3. The molecule has 7 nitrogen and oxygen atoms in total. The highest BCUT2D eigenvalue weighted by Gasteiger charge is 2.18. The molecule has 1 unspecified atom stereocenters. The lowest BCUT2D eigenvalue weighted by Crippen LogP contribution is -2.41. The first-order chi connectivity index (χ1) is 16.4. The van der Waals surface area contributed by atoms with E-state index in [4.69, 9.17) is 4.74 Å². The summed E-state index contributed by atoms with van der Waals surface area (Å²) in [4.78, 5) is 35.0. The third kappa shape index (κ3) is 8.09. The number of nitrogens with one attached hydrogen (secondary N) is 2. The Labute approximate surface area is 198 Å². The molecule has 34 heavy (non-hydrogen) atoms. The van der Waals surface area contributed by atoms with Crippen molar-refractivity contribution < 1.29 is 24.2 Å². The highest BCUT2D eigenvalue weighted by atomic mass is 16.5. The molecule has 3 aromatic rings. The van der Waals surface area contributed by atoms with Crippen LogP contribution in [0.5, 0.6) is 5.75 Å². The average Bonchev–Trinajstić information content (AvgIpc) is 2.82. The Kier molecular flexibility index (Phi) is 8.80. The fraction of sp³-hybridized carbons (Fsp3) is 0.222. The number of benzene rings is 3. The summed E-state index contributed by atoms with van der Waals surface area (Å²) in [5.41, 5.74) is 3.57. The number of rotatable bonds is 11. The molecule has 1 atom stereocenters. The molecule has 0 bridgehead atoms. The second-order valence-electron chi connectivity index (χ2n) is 7.99. The van der Waals surface area contributed by atoms with Crippen LogP contribution in [0.4, 0.5) is 0 Å². The normalized spacial score (nSPS) is 11.3. The van der Waals surface area contributed by atoms with Crippen molar-refractivity contribution in [3.05, 3.63) is 101 Å². The summed E-state index contributed by atoms with van der Waals surface area (Å²) in [6, 6.07) is 23.6. The SMILES string of the molecule is CC(=O)NC(Cc1cccc(CNC(=O)Cc2ccc(OCc3ccccc3)cc2)c1)C(=O)O. The molecule has 3 aromatic carbocycles. The summed E-state index contributed by atoms with van der Waals surface area (Å²) in [5, 5.41) is 14.6. The summed E-state index contributed by atoms with van der Waals surface area (Å²) in [7, 11) is 0. The van der Waals surface area contributed by atoms with Gasteiger partial charge < -0.3 is 20.5 Å². The zero-order valence-electron chi connectivity index (χ0n) is 19.0. The summed E-state index contributed by atoms with van der Waals surface area (Å²) >= 11 is 0. The van der Waals surface area contributed by atoms with E-state index in [1.165, 1.54) is 6.92 Å². The lowest BCUT2D eigenvalue weighted by atomic mass is 10.0. The third-order valence-corrected chi connectivity index (χ3v) is 5.13. The van der Waals surface area contributed by atoms with Crippen LogP contribution >= 0.6 is 0 Å². The van der Waals surface area contributed by atoms with Gasteiger partial charge in [-0.25, -0.2) is 4.79 Å². The summed E-state index contributed by atoms with van der Waals surface area (Å²) in [6.07, 6.45) is 0.400. The minimum Gasteiger partial charge on any atom is -0.489 e. The van der Waals surface area contributed by atoms with Gasteiger partial charge in [0.25, 0.3) is 0 Å². The number of carboxylic acids is 1. The fourth-order valence-electron chi connectivity index (χ4n) is 3.44. The number of hydrogen-bond acceptors (Lipinski definition) is 4. The summed E-state index contributed by atoms with van der Waals surface area (Å²) in [5.74, 6) is -0.870. The van der Waals surface area contributed by atoms with E-state index in [0.29, 0.717) is 13.2 Å². The molecule has 2 amide bonds. The molecule has 0 saturated carbocycles. The van der Waals surface area contributed by atoms with Gasteiger partial charge in [0.15, 0.2) is 0 Å². The number of ether oxygens (including phenoxy) is 1. The Morgan fingerprint density at radius 1 is 0.853 bits per heavy atom. The van der Waals surface area contributed by atoms with Crippen LogP contribution in [-0.4, -0.2) is 28.9 Å². The van der Waals surface area contributed by atoms with Crippen molar-refractivity contribution in [3.63, 3.8) is 0 Å². The first-order valence-corrected chi connectivity index (χ1v) is 11.0. The van der Waals surface area contributed by atoms with E-state index in [9.17, 15) is 19.5 Å². The zero-order valence-corrected chi connectivity index (χ0v) is 19.0. The Morgan fingerprint density at radius 3 is 2.21 bits per heavy atom. The van der Waals surface area contributed by atoms with E-state index in [2.05, 4.69) is 10.6 Å². The standard InChI is InChI=1S/C27H28N2O5/c1-19(30)29-25(27(32)33)15-22-8-5-9-23(14-22)17-28-26(31)16-20-10-12-24(13-11-20)34-18-21-6-3-2-4-7-21/h2-14,25H,15-18H2,1H3,(H,28,31)(H,29,30)(H,32,33). The predicted octanol–water partition coefficient (Wildman–Crippen LogP) is 3.26. The molecular formula is C27H28N2O5. The average molecular weight is 461 g/mol. The van der Waals surface area contributed by atoms with E-state index in [-0.39, 0.29) is 18.7 Å². The Hall–Kier alpha value is -4.13. The van der Waals surface area contributed by atoms with Gasteiger partial charge in [-0.15, -0.1) is 0 Å². The molecule has 0 aliphatic carbocycles. The van der Waals surface area contributed by atoms with E-state index in [1.54, 1.807) is 12.1 Å². The minimum absolute atomic E-state index is 0.120. The largest absolute Gasteiger partial charge is 0.489 e. The minimum atomic E-state index is -1.09. The van der Waals surface area contributed by atoms with Gasteiger partial charge in [0.05, 0.1) is 6.42 Å². The first kappa shape index (κ1) is 24.5. The first-order valence-electron chi connectivity index (χ1n) is 11.0. The Morgan fingerprint density at radius 2 is 1.53 bits per heavy atom. The molecule has 0 saturated heterocycles. The highest BCUT2D eigenvalue weighted by Crippen LogP contribution is 2.15. The lowest BCUT2D eigenvalue weighted by Gasteiger charge is -2.14. The molecular weight excluding hydrogens is 432 g/mol. The monoisotopic (exact) mass is 460 g/mol. The van der Waals surface area contributed by atoms with Crippen molar-refractivity contribution in [2.45, 2.75) is 39.0 Å². The van der Waals surface area contributed by atoms with Crippen molar-refractivity contribution in [3.8, 4) is 5.75 Å².